The molecule has 0 bridgehead atoms. The number of aliphatic hydroxyl groups excluding tert-OH is 5. The predicted molar refractivity (Wildman–Crippen MR) is 37.2 cm³/mol. The highest BCUT2D eigenvalue weighted by molar-refractivity contribution is 5.84. The molecule has 6 heteroatoms. The molecule has 0 aliphatic rings. The van der Waals surface area contributed by atoms with Gasteiger partial charge in [-0.2, -0.15) is 0 Å². The third-order valence-electron chi connectivity index (χ3n) is 1.32. The van der Waals surface area contributed by atoms with Crippen molar-refractivity contribution in [2.75, 3.05) is 13.2 Å². The molecule has 5 N–H and O–H groups in total. The van der Waals surface area contributed by atoms with E-state index in [0.717, 1.165) is 0 Å². The molecule has 0 amide bonds. The fourth-order valence-electron chi connectivity index (χ4n) is 0.563. The van der Waals surface area contributed by atoms with Crippen LogP contribution in [-0.2, 0) is 4.79 Å². The van der Waals surface area contributed by atoms with Gasteiger partial charge < -0.3 is 25.5 Å². The van der Waals surface area contributed by atoms with Crippen molar-refractivity contribution in [2.45, 2.75) is 18.3 Å². The van der Waals surface area contributed by atoms with Crippen LogP contribution in [0.4, 0.5) is 0 Å². The number of Topliss-reactive ketones (excluding diaryl/α,β-unsaturated/α-hetero) is 1. The van der Waals surface area contributed by atoms with E-state index in [9.17, 15) is 4.79 Å². The van der Waals surface area contributed by atoms with Crippen molar-refractivity contribution in [3.63, 3.8) is 0 Å². The Morgan fingerprint density at radius 3 is 2.17 bits per heavy atom. The van der Waals surface area contributed by atoms with E-state index in [4.69, 9.17) is 26.9 Å². The van der Waals surface area contributed by atoms with Crippen LogP contribution in [0.1, 0.15) is 1.37 Å². The lowest BCUT2D eigenvalue weighted by Crippen LogP contribution is -2.44. The van der Waals surface area contributed by atoms with E-state index in [0.29, 0.717) is 0 Å². The standard InChI is InChI=1S/C6H12O6/c7-1-3(9)5(11)6(12)4(10)2-8/h3,5-9,11-12H,1-2H2/t3-,5-,6-/m1/s1/i2D/t2-,3-,5-,6-. The number of hydrogen-bond donors (Lipinski definition) is 5. The van der Waals surface area contributed by atoms with E-state index >= 15 is 0 Å². The zero-order chi connectivity index (χ0) is 10.6. The van der Waals surface area contributed by atoms with E-state index in [1.165, 1.54) is 0 Å². The summed E-state index contributed by atoms with van der Waals surface area (Å²) in [5.74, 6) is -1.33. The molecule has 0 aromatic heterocycles. The fraction of sp³-hybridized carbons (Fsp3) is 0.833. The van der Waals surface area contributed by atoms with E-state index in [2.05, 4.69) is 0 Å². The Bertz CT molecular complexity index is 173. The van der Waals surface area contributed by atoms with Gasteiger partial charge in [-0.1, -0.05) is 0 Å². The molecular formula is C6H12O6. The average molecular weight is 181 g/mol. The molecule has 0 fully saturated rings. The van der Waals surface area contributed by atoms with Crippen molar-refractivity contribution in [1.29, 1.82) is 0 Å². The summed E-state index contributed by atoms with van der Waals surface area (Å²) in [6, 6.07) is 0. The van der Waals surface area contributed by atoms with Crippen LogP contribution in [0.2, 0.25) is 0 Å². The van der Waals surface area contributed by atoms with Crippen molar-refractivity contribution in [2.24, 2.45) is 0 Å². The van der Waals surface area contributed by atoms with E-state index in [-0.39, 0.29) is 0 Å². The molecule has 0 saturated carbocycles. The van der Waals surface area contributed by atoms with Crippen molar-refractivity contribution in [3.8, 4) is 0 Å². The van der Waals surface area contributed by atoms with Crippen molar-refractivity contribution in [1.82, 2.24) is 0 Å². The minimum atomic E-state index is -2.17. The lowest BCUT2D eigenvalue weighted by molar-refractivity contribution is -0.142. The van der Waals surface area contributed by atoms with Crippen molar-refractivity contribution < 1.29 is 31.7 Å². The monoisotopic (exact) mass is 181 g/mol. The zero-order valence-electron chi connectivity index (χ0n) is 7.16. The topological polar surface area (TPSA) is 118 Å². The summed E-state index contributed by atoms with van der Waals surface area (Å²) in [5, 5.41) is 43.3. The van der Waals surface area contributed by atoms with Crippen LogP contribution in [0.3, 0.4) is 0 Å². The highest BCUT2D eigenvalue weighted by Crippen LogP contribution is 2.00. The minimum absolute atomic E-state index is 0.834. The van der Waals surface area contributed by atoms with Crippen LogP contribution >= 0.6 is 0 Å². The van der Waals surface area contributed by atoms with Gasteiger partial charge in [-0.15, -0.1) is 0 Å². The van der Waals surface area contributed by atoms with E-state index in [1.807, 2.05) is 0 Å². The Hall–Kier alpha value is -0.530. The Morgan fingerprint density at radius 2 is 1.83 bits per heavy atom. The molecule has 0 unspecified atom stereocenters. The molecule has 72 valence electrons. The summed E-state index contributed by atoms with van der Waals surface area (Å²) in [4.78, 5) is 10.7. The quantitative estimate of drug-likeness (QED) is 0.302. The molecule has 4 atom stereocenters. The molecule has 0 rings (SSSR count). The lowest BCUT2D eigenvalue weighted by Gasteiger charge is -2.19. The number of ketones is 1. The van der Waals surface area contributed by atoms with Gasteiger partial charge in [0.2, 0.25) is 0 Å². The van der Waals surface area contributed by atoms with Crippen LogP contribution < -0.4 is 0 Å². The predicted octanol–water partition coefficient (Wildman–Crippen LogP) is -3.38. The van der Waals surface area contributed by atoms with Crippen LogP contribution in [-0.4, -0.2) is 62.8 Å². The summed E-state index contributed by atoms with van der Waals surface area (Å²) in [6.45, 7) is -3.00. The molecule has 12 heavy (non-hydrogen) atoms. The highest BCUT2D eigenvalue weighted by Gasteiger charge is 2.28. The Labute approximate surface area is 70.1 Å². The molecule has 0 aromatic rings. The molecule has 6 nitrogen and oxygen atoms in total. The first-order valence-electron chi connectivity index (χ1n) is 3.78. The maximum absolute atomic E-state index is 10.7. The Kier molecular flexibility index (Phi) is 4.12. The second kappa shape index (κ2) is 5.18. The SMILES string of the molecule is [2H][C@@H](O)C(=O)[C@@H](O)[C@H](O)[C@H](O)CO. The number of rotatable bonds is 5. The van der Waals surface area contributed by atoms with Gasteiger partial charge in [0.15, 0.2) is 5.78 Å². The molecule has 0 radical (unpaired) electrons. The van der Waals surface area contributed by atoms with E-state index < -0.39 is 37.3 Å². The summed E-state index contributed by atoms with van der Waals surface area (Å²) >= 11 is 0. The minimum Gasteiger partial charge on any atom is -0.394 e. The number of hydrogen-bond acceptors (Lipinski definition) is 6. The zero-order valence-corrected chi connectivity index (χ0v) is 6.16. The largest absolute Gasteiger partial charge is 0.394 e. The molecular weight excluding hydrogens is 168 g/mol. The van der Waals surface area contributed by atoms with Crippen LogP contribution in [0.25, 0.3) is 0 Å². The Morgan fingerprint density at radius 1 is 1.33 bits per heavy atom. The second-order valence-corrected chi connectivity index (χ2v) is 2.22. The van der Waals surface area contributed by atoms with Gasteiger partial charge in [-0.05, 0) is 0 Å². The third-order valence-corrected chi connectivity index (χ3v) is 1.32. The number of aliphatic hydroxyl groups is 5. The van der Waals surface area contributed by atoms with Gasteiger partial charge in [-0.3, -0.25) is 4.79 Å². The number of carbonyl (C=O) groups excluding carboxylic acids is 1. The van der Waals surface area contributed by atoms with Gasteiger partial charge >= 0.3 is 0 Å². The smallest absolute Gasteiger partial charge is 0.189 e. The van der Waals surface area contributed by atoms with Gasteiger partial charge in [-0.25, -0.2) is 0 Å². The van der Waals surface area contributed by atoms with Crippen molar-refractivity contribution in [3.05, 3.63) is 0 Å². The van der Waals surface area contributed by atoms with Crippen LogP contribution in [0.15, 0.2) is 0 Å². The second-order valence-electron chi connectivity index (χ2n) is 2.22. The fourth-order valence-corrected chi connectivity index (χ4v) is 0.563. The first-order chi connectivity index (χ1) is 5.91. The molecule has 0 aromatic carbocycles. The van der Waals surface area contributed by atoms with Gasteiger partial charge in [0.1, 0.15) is 24.9 Å². The number of carbonyl (C=O) groups is 1. The van der Waals surface area contributed by atoms with Gasteiger partial charge in [0.25, 0.3) is 0 Å². The van der Waals surface area contributed by atoms with Crippen molar-refractivity contribution >= 4 is 5.78 Å². The summed E-state index contributed by atoms with van der Waals surface area (Å²) in [6.07, 6.45) is -5.66. The molecule has 0 spiro atoms. The lowest BCUT2D eigenvalue weighted by atomic mass is 10.1. The highest BCUT2D eigenvalue weighted by atomic mass is 16.4. The average Bonchev–Trinajstić information content (AvgIpc) is 2.12. The molecule has 0 saturated heterocycles. The first kappa shape index (κ1) is 9.56. The normalized spacial score (nSPS) is 22.2. The molecule has 0 aliphatic carbocycles. The van der Waals surface area contributed by atoms with E-state index in [1.54, 1.807) is 0 Å². The maximum atomic E-state index is 10.7. The summed E-state index contributed by atoms with van der Waals surface area (Å²) < 4.78 is 6.50. The maximum Gasteiger partial charge on any atom is 0.189 e. The third kappa shape index (κ3) is 2.84. The Balaban J connectivity index is 4.24. The molecule has 0 aliphatic heterocycles. The summed E-state index contributed by atoms with van der Waals surface area (Å²) in [7, 11) is 0. The van der Waals surface area contributed by atoms with Gasteiger partial charge in [0, 0.05) is 0 Å². The van der Waals surface area contributed by atoms with Crippen LogP contribution in [0.5, 0.6) is 0 Å². The first-order valence-corrected chi connectivity index (χ1v) is 3.21. The van der Waals surface area contributed by atoms with Crippen LogP contribution in [0, 0.1) is 0 Å². The summed E-state index contributed by atoms with van der Waals surface area (Å²) in [5.41, 5.74) is 0. The molecule has 0 heterocycles. The van der Waals surface area contributed by atoms with Gasteiger partial charge in [0.05, 0.1) is 7.98 Å².